The van der Waals surface area contributed by atoms with E-state index in [-0.39, 0.29) is 11.8 Å². The molecule has 0 aliphatic carbocycles. The molecular weight excluding hydrogens is 380 g/mol. The molecule has 0 saturated carbocycles. The number of carbonyl (C=O) groups excluding carboxylic acids is 2. The summed E-state index contributed by atoms with van der Waals surface area (Å²) >= 11 is 2.77. The summed E-state index contributed by atoms with van der Waals surface area (Å²) in [5.41, 5.74) is 1.61. The molecule has 2 amide bonds. The highest BCUT2D eigenvalue weighted by Gasteiger charge is 2.23. The summed E-state index contributed by atoms with van der Waals surface area (Å²) < 4.78 is 0. The smallest absolute Gasteiger partial charge is 0.244 e. The predicted molar refractivity (Wildman–Crippen MR) is 109 cm³/mol. The van der Waals surface area contributed by atoms with Crippen molar-refractivity contribution in [2.24, 2.45) is 0 Å². The molecule has 3 aromatic rings. The van der Waals surface area contributed by atoms with Gasteiger partial charge in [-0.2, -0.15) is 0 Å². The summed E-state index contributed by atoms with van der Waals surface area (Å²) in [6, 6.07) is 17.0. The van der Waals surface area contributed by atoms with Crippen LogP contribution in [-0.2, 0) is 9.59 Å². The lowest BCUT2D eigenvalue weighted by atomic mass is 10.1. The van der Waals surface area contributed by atoms with Gasteiger partial charge in [-0.15, -0.1) is 22.0 Å². The van der Waals surface area contributed by atoms with Gasteiger partial charge < -0.3 is 5.32 Å². The van der Waals surface area contributed by atoms with Crippen molar-refractivity contribution in [1.29, 1.82) is 0 Å². The van der Waals surface area contributed by atoms with Crippen LogP contribution < -0.4 is 10.6 Å². The van der Waals surface area contributed by atoms with Crippen LogP contribution in [0.3, 0.4) is 0 Å². The van der Waals surface area contributed by atoms with Crippen LogP contribution in [0.1, 0.15) is 22.7 Å². The van der Waals surface area contributed by atoms with Gasteiger partial charge in [-0.05, 0) is 36.8 Å². The summed E-state index contributed by atoms with van der Waals surface area (Å²) in [5.74, 6) is -0.280. The summed E-state index contributed by atoms with van der Waals surface area (Å²) in [5, 5.41) is 14.3. The molecule has 0 radical (unpaired) electrons. The fraction of sp³-hybridized carbons (Fsp3) is 0.158. The average Bonchev–Trinajstić information content (AvgIpc) is 3.06. The van der Waals surface area contributed by atoms with Crippen LogP contribution >= 0.6 is 23.1 Å². The number of amides is 2. The van der Waals surface area contributed by atoms with Crippen LogP contribution in [0.5, 0.6) is 0 Å². The minimum atomic E-state index is -0.443. The van der Waals surface area contributed by atoms with Crippen molar-refractivity contribution >= 4 is 45.7 Å². The minimum absolute atomic E-state index is 0.121. The third-order valence-corrected chi connectivity index (χ3v) is 5.55. The van der Waals surface area contributed by atoms with Gasteiger partial charge in [0.05, 0.1) is 0 Å². The van der Waals surface area contributed by atoms with E-state index in [1.807, 2.05) is 61.5 Å². The molecule has 1 heterocycles. The van der Waals surface area contributed by atoms with E-state index < -0.39 is 5.25 Å². The zero-order chi connectivity index (χ0) is 19.2. The average molecular weight is 399 g/mol. The Hall–Kier alpha value is -2.71. The number of rotatable bonds is 6. The van der Waals surface area contributed by atoms with Crippen molar-refractivity contribution in [2.75, 3.05) is 10.6 Å². The van der Waals surface area contributed by atoms with E-state index in [0.717, 1.165) is 21.2 Å². The fourth-order valence-corrected chi connectivity index (χ4v) is 3.99. The number of aryl methyl sites for hydroxylation is 1. The van der Waals surface area contributed by atoms with Gasteiger partial charge in [-0.1, -0.05) is 41.7 Å². The molecule has 2 N–H and O–H groups in total. The molecule has 1 aromatic heterocycles. The molecule has 0 spiro atoms. The Morgan fingerprint density at radius 1 is 1.00 bits per heavy atom. The largest absolute Gasteiger partial charge is 0.326 e. The Kier molecular flexibility index (Phi) is 6.20. The summed E-state index contributed by atoms with van der Waals surface area (Å²) in [7, 11) is 0. The lowest BCUT2D eigenvalue weighted by molar-refractivity contribution is -0.116. The molecule has 8 heteroatoms. The van der Waals surface area contributed by atoms with Crippen molar-refractivity contribution < 1.29 is 9.59 Å². The standard InChI is InChI=1S/C19H18N4O2S2/c1-12(24)20-15-8-10-16(11-9-15)27-17(14-6-4-3-5-7-14)18(25)21-19-23-22-13(2)26-19/h3-11,17H,1-2H3,(H,20,24)(H,21,23,25). The van der Waals surface area contributed by atoms with Gasteiger partial charge in [0, 0.05) is 17.5 Å². The highest BCUT2D eigenvalue weighted by atomic mass is 32.2. The molecule has 138 valence electrons. The first-order chi connectivity index (χ1) is 13.0. The van der Waals surface area contributed by atoms with E-state index >= 15 is 0 Å². The number of benzene rings is 2. The first kappa shape index (κ1) is 19.1. The van der Waals surface area contributed by atoms with E-state index in [1.54, 1.807) is 0 Å². The van der Waals surface area contributed by atoms with Crippen molar-refractivity contribution in [2.45, 2.75) is 24.0 Å². The molecule has 1 atom stereocenters. The van der Waals surface area contributed by atoms with Crippen LogP contribution in [0.15, 0.2) is 59.5 Å². The lowest BCUT2D eigenvalue weighted by Gasteiger charge is -2.16. The molecule has 0 aliphatic heterocycles. The van der Waals surface area contributed by atoms with Crippen LogP contribution in [0.25, 0.3) is 0 Å². The molecule has 27 heavy (non-hydrogen) atoms. The monoisotopic (exact) mass is 398 g/mol. The molecule has 0 aliphatic rings. The number of hydrogen-bond acceptors (Lipinski definition) is 6. The minimum Gasteiger partial charge on any atom is -0.326 e. The third-order valence-electron chi connectivity index (χ3n) is 3.53. The Labute approximate surface area is 165 Å². The highest BCUT2D eigenvalue weighted by molar-refractivity contribution is 8.00. The molecule has 0 fully saturated rings. The molecule has 6 nitrogen and oxygen atoms in total. The van der Waals surface area contributed by atoms with Crippen molar-refractivity contribution in [3.05, 3.63) is 65.2 Å². The fourth-order valence-electron chi connectivity index (χ4n) is 2.37. The van der Waals surface area contributed by atoms with Gasteiger partial charge in [0.15, 0.2) is 0 Å². The number of anilines is 2. The van der Waals surface area contributed by atoms with Gasteiger partial charge in [-0.3, -0.25) is 14.9 Å². The van der Waals surface area contributed by atoms with Crippen LogP contribution in [0, 0.1) is 6.92 Å². The molecule has 0 saturated heterocycles. The normalized spacial score (nSPS) is 11.6. The zero-order valence-electron chi connectivity index (χ0n) is 14.8. The maximum absolute atomic E-state index is 12.9. The van der Waals surface area contributed by atoms with Gasteiger partial charge in [-0.25, -0.2) is 0 Å². The van der Waals surface area contributed by atoms with E-state index in [2.05, 4.69) is 20.8 Å². The number of carbonyl (C=O) groups is 2. The van der Waals surface area contributed by atoms with Crippen LogP contribution in [-0.4, -0.2) is 22.0 Å². The number of nitrogens with one attached hydrogen (secondary N) is 2. The maximum Gasteiger partial charge on any atom is 0.244 e. The van der Waals surface area contributed by atoms with E-state index in [1.165, 1.54) is 30.0 Å². The molecule has 0 bridgehead atoms. The number of aromatic nitrogens is 2. The summed E-state index contributed by atoms with van der Waals surface area (Å²) in [6.07, 6.45) is 0. The van der Waals surface area contributed by atoms with Gasteiger partial charge in [0.1, 0.15) is 10.3 Å². The van der Waals surface area contributed by atoms with Crippen LogP contribution in [0.4, 0.5) is 10.8 Å². The van der Waals surface area contributed by atoms with Crippen molar-refractivity contribution in [3.8, 4) is 0 Å². The predicted octanol–water partition coefficient (Wildman–Crippen LogP) is 4.28. The first-order valence-electron chi connectivity index (χ1n) is 8.21. The molecule has 2 aromatic carbocycles. The van der Waals surface area contributed by atoms with E-state index in [4.69, 9.17) is 0 Å². The summed E-state index contributed by atoms with van der Waals surface area (Å²) in [6.45, 7) is 3.31. The molecular formula is C19H18N4O2S2. The Bertz CT molecular complexity index is 926. The van der Waals surface area contributed by atoms with Gasteiger partial charge in [0.25, 0.3) is 0 Å². The second kappa shape index (κ2) is 8.79. The van der Waals surface area contributed by atoms with Crippen LogP contribution in [0.2, 0.25) is 0 Å². The SMILES string of the molecule is CC(=O)Nc1ccc(SC(C(=O)Nc2nnc(C)s2)c2ccccc2)cc1. The number of hydrogen-bond donors (Lipinski definition) is 2. The summed E-state index contributed by atoms with van der Waals surface area (Å²) in [4.78, 5) is 25.0. The first-order valence-corrected chi connectivity index (χ1v) is 9.91. The van der Waals surface area contributed by atoms with Gasteiger partial charge in [0.2, 0.25) is 16.9 Å². The topological polar surface area (TPSA) is 84.0 Å². The Balaban J connectivity index is 1.80. The Morgan fingerprint density at radius 3 is 2.30 bits per heavy atom. The van der Waals surface area contributed by atoms with E-state index in [0.29, 0.717) is 5.13 Å². The van der Waals surface area contributed by atoms with E-state index in [9.17, 15) is 9.59 Å². The number of thioether (sulfide) groups is 1. The third kappa shape index (κ3) is 5.38. The Morgan fingerprint density at radius 2 is 1.70 bits per heavy atom. The molecule has 1 unspecified atom stereocenters. The number of nitrogens with zero attached hydrogens (tertiary/aromatic N) is 2. The quantitative estimate of drug-likeness (QED) is 0.606. The lowest BCUT2D eigenvalue weighted by Crippen LogP contribution is -2.19. The van der Waals surface area contributed by atoms with Crippen molar-refractivity contribution in [3.63, 3.8) is 0 Å². The maximum atomic E-state index is 12.9. The second-order valence-corrected chi connectivity index (χ2v) is 8.09. The zero-order valence-corrected chi connectivity index (χ0v) is 16.4. The van der Waals surface area contributed by atoms with Crippen molar-refractivity contribution in [1.82, 2.24) is 10.2 Å². The second-order valence-electron chi connectivity index (χ2n) is 5.73. The van der Waals surface area contributed by atoms with Gasteiger partial charge >= 0.3 is 0 Å². The molecule has 3 rings (SSSR count). The highest BCUT2D eigenvalue weighted by Crippen LogP contribution is 2.36.